The molecular weight excluding hydrogens is 578 g/mol. The molecule has 1 amide bonds. The van der Waals surface area contributed by atoms with Gasteiger partial charge in [0.1, 0.15) is 18.1 Å². The molecule has 5 rings (SSSR count). The van der Waals surface area contributed by atoms with Crippen LogP contribution >= 0.6 is 22.6 Å². The van der Waals surface area contributed by atoms with Crippen LogP contribution in [-0.4, -0.2) is 38.7 Å². The van der Waals surface area contributed by atoms with Crippen molar-refractivity contribution in [3.05, 3.63) is 110 Å². The lowest BCUT2D eigenvalue weighted by molar-refractivity contribution is -0.384. The van der Waals surface area contributed by atoms with Crippen molar-refractivity contribution < 1.29 is 18.8 Å². The van der Waals surface area contributed by atoms with Crippen molar-refractivity contribution in [3.63, 3.8) is 0 Å². The third kappa shape index (κ3) is 5.00. The molecule has 1 aromatic heterocycles. The maximum atomic E-state index is 13.6. The fourth-order valence-corrected chi connectivity index (χ4v) is 4.47. The van der Waals surface area contributed by atoms with E-state index in [1.807, 2.05) is 30.5 Å². The van der Waals surface area contributed by atoms with Crippen LogP contribution in [0.25, 0.3) is 16.9 Å². The zero-order valence-corrected chi connectivity index (χ0v) is 21.0. The van der Waals surface area contributed by atoms with Crippen molar-refractivity contribution in [1.82, 2.24) is 14.7 Å². The average molecular weight is 598 g/mol. The SMILES string of the molecule is O=C1COC(c2cn(-c3ccc(I)cc3)nc2-c2ccc(F)cc2)N1CCc1ccc([N+](=O)[O-])cc1. The van der Waals surface area contributed by atoms with E-state index in [9.17, 15) is 19.3 Å². The molecule has 0 spiro atoms. The molecule has 182 valence electrons. The lowest BCUT2D eigenvalue weighted by atomic mass is 10.1. The van der Waals surface area contributed by atoms with Gasteiger partial charge in [0.05, 0.1) is 10.6 Å². The second-order valence-corrected chi connectivity index (χ2v) is 9.53. The molecule has 1 aliphatic heterocycles. The zero-order valence-electron chi connectivity index (χ0n) is 18.9. The fraction of sp³-hybridized carbons (Fsp3) is 0.154. The van der Waals surface area contributed by atoms with Gasteiger partial charge in [-0.3, -0.25) is 14.9 Å². The van der Waals surface area contributed by atoms with Crippen LogP contribution in [0.2, 0.25) is 0 Å². The molecule has 1 atom stereocenters. The Hall–Kier alpha value is -3.64. The number of benzene rings is 3. The van der Waals surface area contributed by atoms with Gasteiger partial charge in [-0.25, -0.2) is 9.07 Å². The normalized spacial score (nSPS) is 15.4. The Morgan fingerprint density at radius 1 is 1.06 bits per heavy atom. The Morgan fingerprint density at radius 3 is 2.42 bits per heavy atom. The topological polar surface area (TPSA) is 90.5 Å². The number of nitro groups is 1. The molecule has 1 fully saturated rings. The summed E-state index contributed by atoms with van der Waals surface area (Å²) in [6.45, 7) is 0.293. The van der Waals surface area contributed by atoms with Crippen LogP contribution < -0.4 is 0 Å². The summed E-state index contributed by atoms with van der Waals surface area (Å²) in [6.07, 6.45) is 1.66. The summed E-state index contributed by atoms with van der Waals surface area (Å²) in [7, 11) is 0. The highest BCUT2D eigenvalue weighted by atomic mass is 127. The van der Waals surface area contributed by atoms with Crippen LogP contribution in [0.15, 0.2) is 79.0 Å². The first-order valence-corrected chi connectivity index (χ1v) is 12.2. The number of aromatic nitrogens is 2. The molecule has 4 aromatic rings. The van der Waals surface area contributed by atoms with E-state index in [-0.39, 0.29) is 24.0 Å². The molecule has 0 bridgehead atoms. The number of amides is 1. The number of halogens is 2. The van der Waals surface area contributed by atoms with Gasteiger partial charge in [0.15, 0.2) is 6.23 Å². The highest BCUT2D eigenvalue weighted by Gasteiger charge is 2.36. The van der Waals surface area contributed by atoms with Crippen LogP contribution in [0.1, 0.15) is 17.4 Å². The summed E-state index contributed by atoms with van der Waals surface area (Å²) in [6, 6.07) is 20.2. The van der Waals surface area contributed by atoms with Crippen molar-refractivity contribution in [3.8, 4) is 16.9 Å². The highest BCUT2D eigenvalue weighted by Crippen LogP contribution is 2.35. The van der Waals surface area contributed by atoms with Crippen molar-refractivity contribution >= 4 is 34.2 Å². The lowest BCUT2D eigenvalue weighted by Crippen LogP contribution is -2.30. The number of hydrogen-bond donors (Lipinski definition) is 0. The Labute approximate surface area is 219 Å². The monoisotopic (exact) mass is 598 g/mol. The van der Waals surface area contributed by atoms with Gasteiger partial charge in [-0.1, -0.05) is 12.1 Å². The van der Waals surface area contributed by atoms with E-state index in [2.05, 4.69) is 22.6 Å². The molecule has 1 unspecified atom stereocenters. The Morgan fingerprint density at radius 2 is 1.75 bits per heavy atom. The zero-order chi connectivity index (χ0) is 25.2. The van der Waals surface area contributed by atoms with Crippen molar-refractivity contribution in [2.24, 2.45) is 0 Å². The summed E-state index contributed by atoms with van der Waals surface area (Å²) in [5.74, 6) is -0.511. The van der Waals surface area contributed by atoms with Crippen molar-refractivity contribution in [1.29, 1.82) is 0 Å². The van der Waals surface area contributed by atoms with E-state index in [4.69, 9.17) is 9.84 Å². The smallest absolute Gasteiger partial charge is 0.269 e. The van der Waals surface area contributed by atoms with Crippen molar-refractivity contribution in [2.75, 3.05) is 13.2 Å². The van der Waals surface area contributed by atoms with Gasteiger partial charge >= 0.3 is 0 Å². The quantitative estimate of drug-likeness (QED) is 0.164. The number of carbonyl (C=O) groups excluding carboxylic acids is 1. The van der Waals surface area contributed by atoms with E-state index in [1.165, 1.54) is 24.3 Å². The van der Waals surface area contributed by atoms with Gasteiger partial charge in [-0.15, -0.1) is 0 Å². The van der Waals surface area contributed by atoms with Crippen LogP contribution in [0.4, 0.5) is 10.1 Å². The second kappa shape index (κ2) is 10.2. The largest absolute Gasteiger partial charge is 0.344 e. The van der Waals surface area contributed by atoms with Crippen LogP contribution in [-0.2, 0) is 16.0 Å². The Bertz CT molecular complexity index is 1410. The van der Waals surface area contributed by atoms with Gasteiger partial charge in [-0.2, -0.15) is 5.10 Å². The number of non-ortho nitro benzene ring substituents is 1. The van der Waals surface area contributed by atoms with Crippen molar-refractivity contribution in [2.45, 2.75) is 12.6 Å². The maximum absolute atomic E-state index is 13.6. The first-order chi connectivity index (χ1) is 17.4. The molecule has 0 N–H and O–H groups in total. The maximum Gasteiger partial charge on any atom is 0.269 e. The van der Waals surface area contributed by atoms with Gasteiger partial charge in [0.25, 0.3) is 11.6 Å². The van der Waals surface area contributed by atoms with E-state index < -0.39 is 11.2 Å². The summed E-state index contributed by atoms with van der Waals surface area (Å²) in [5, 5.41) is 15.7. The first kappa shape index (κ1) is 24.1. The predicted octanol–water partition coefficient (Wildman–Crippen LogP) is 5.29. The summed E-state index contributed by atoms with van der Waals surface area (Å²) < 4.78 is 22.3. The summed E-state index contributed by atoms with van der Waals surface area (Å²) in [4.78, 5) is 24.9. The lowest BCUT2D eigenvalue weighted by Gasteiger charge is -2.23. The molecule has 1 saturated heterocycles. The molecule has 10 heteroatoms. The van der Waals surface area contributed by atoms with E-state index in [0.29, 0.717) is 29.8 Å². The molecular formula is C26H20FIN4O4. The summed E-state index contributed by atoms with van der Waals surface area (Å²) in [5.41, 5.74) is 3.71. The second-order valence-electron chi connectivity index (χ2n) is 8.28. The number of nitro benzene ring substituents is 1. The molecule has 0 saturated carbocycles. The molecule has 0 radical (unpaired) electrons. The van der Waals surface area contributed by atoms with Crippen LogP contribution in [0, 0.1) is 19.5 Å². The first-order valence-electron chi connectivity index (χ1n) is 11.1. The van der Waals surface area contributed by atoms with E-state index in [0.717, 1.165) is 14.8 Å². The minimum Gasteiger partial charge on any atom is -0.344 e. The van der Waals surface area contributed by atoms with Gasteiger partial charge in [0.2, 0.25) is 0 Å². The minimum absolute atomic E-state index is 0.0177. The molecule has 8 nitrogen and oxygen atoms in total. The average Bonchev–Trinajstić information content (AvgIpc) is 3.47. The van der Waals surface area contributed by atoms with Gasteiger partial charge in [0, 0.05) is 39.6 Å². The number of rotatable bonds is 7. The van der Waals surface area contributed by atoms with Gasteiger partial charge < -0.3 is 9.64 Å². The molecule has 2 heterocycles. The summed E-state index contributed by atoms with van der Waals surface area (Å²) >= 11 is 2.23. The minimum atomic E-state index is -0.673. The Balaban J connectivity index is 1.47. The fourth-order valence-electron chi connectivity index (χ4n) is 4.11. The van der Waals surface area contributed by atoms with E-state index in [1.54, 1.807) is 33.8 Å². The molecule has 36 heavy (non-hydrogen) atoms. The number of nitrogens with zero attached hydrogens (tertiary/aromatic N) is 4. The molecule has 0 aliphatic carbocycles. The standard InChI is InChI=1S/C26H20FIN4O4/c27-19-5-3-18(4-6-19)25-23(15-31(29-25)21-11-7-20(28)8-12-21)26-30(24(33)16-36-26)14-13-17-1-9-22(10-2-17)32(34)35/h1-12,15,26H,13-14,16H2. The molecule has 1 aliphatic rings. The third-order valence-electron chi connectivity index (χ3n) is 5.97. The number of hydrogen-bond acceptors (Lipinski definition) is 5. The van der Waals surface area contributed by atoms with Crippen LogP contribution in [0.3, 0.4) is 0 Å². The number of ether oxygens (including phenoxy) is 1. The third-order valence-corrected chi connectivity index (χ3v) is 6.69. The van der Waals surface area contributed by atoms with E-state index >= 15 is 0 Å². The Kier molecular flexibility index (Phi) is 6.79. The van der Waals surface area contributed by atoms with Gasteiger partial charge in [-0.05, 0) is 83.1 Å². The molecule has 3 aromatic carbocycles. The number of carbonyl (C=O) groups is 1. The highest BCUT2D eigenvalue weighted by molar-refractivity contribution is 14.1. The van der Waals surface area contributed by atoms with Crippen LogP contribution in [0.5, 0.6) is 0 Å². The predicted molar refractivity (Wildman–Crippen MR) is 139 cm³/mol.